The molecule has 0 aromatic carbocycles. The molecule has 0 bridgehead atoms. The van der Waals surface area contributed by atoms with Gasteiger partial charge in [-0.1, -0.05) is 6.07 Å². The summed E-state index contributed by atoms with van der Waals surface area (Å²) in [5.74, 6) is 1.03. The van der Waals surface area contributed by atoms with E-state index in [1.165, 1.54) is 9.88 Å². The second-order valence-electron chi connectivity index (χ2n) is 4.17. The molecule has 2 aromatic heterocycles. The Balaban J connectivity index is 1.95. The SMILES string of the molecule is Cc1cccc(N(C)CCc2ncc(C)s2)n1. The van der Waals surface area contributed by atoms with Gasteiger partial charge in [-0.2, -0.15) is 0 Å². The van der Waals surface area contributed by atoms with E-state index in [0.717, 1.165) is 24.5 Å². The molecule has 17 heavy (non-hydrogen) atoms. The van der Waals surface area contributed by atoms with Crippen molar-refractivity contribution in [1.29, 1.82) is 0 Å². The zero-order valence-electron chi connectivity index (χ0n) is 10.5. The Kier molecular flexibility index (Phi) is 3.74. The standard InChI is InChI=1S/C13H17N3S/c1-10-5-4-6-12(15-10)16(3)8-7-13-14-9-11(2)17-13/h4-6,9H,7-8H2,1-3H3. The number of hydrogen-bond donors (Lipinski definition) is 0. The first-order valence-corrected chi connectivity index (χ1v) is 6.53. The number of aryl methyl sites for hydroxylation is 2. The lowest BCUT2D eigenvalue weighted by atomic mass is 10.3. The number of nitrogens with zero attached hydrogens (tertiary/aromatic N) is 3. The van der Waals surface area contributed by atoms with Crippen molar-refractivity contribution >= 4 is 17.2 Å². The summed E-state index contributed by atoms with van der Waals surface area (Å²) in [6.07, 6.45) is 2.91. The predicted molar refractivity (Wildman–Crippen MR) is 72.8 cm³/mol. The van der Waals surface area contributed by atoms with Crippen LogP contribution in [0.25, 0.3) is 0 Å². The minimum atomic E-state index is 0.948. The van der Waals surface area contributed by atoms with E-state index in [-0.39, 0.29) is 0 Å². The zero-order valence-corrected chi connectivity index (χ0v) is 11.3. The maximum absolute atomic E-state index is 4.50. The minimum Gasteiger partial charge on any atom is -0.359 e. The van der Waals surface area contributed by atoms with Crippen LogP contribution in [0.1, 0.15) is 15.6 Å². The van der Waals surface area contributed by atoms with Crippen LogP contribution in [0.3, 0.4) is 0 Å². The molecule has 0 amide bonds. The van der Waals surface area contributed by atoms with Gasteiger partial charge in [-0.25, -0.2) is 9.97 Å². The van der Waals surface area contributed by atoms with Gasteiger partial charge in [0.2, 0.25) is 0 Å². The molecule has 0 N–H and O–H groups in total. The molecule has 0 spiro atoms. The molecule has 2 heterocycles. The minimum absolute atomic E-state index is 0.948. The number of likely N-dealkylation sites (N-methyl/N-ethyl adjacent to an activating group) is 1. The molecule has 2 rings (SSSR count). The van der Waals surface area contributed by atoms with Gasteiger partial charge in [-0.05, 0) is 26.0 Å². The fraction of sp³-hybridized carbons (Fsp3) is 0.385. The van der Waals surface area contributed by atoms with Gasteiger partial charge in [0.1, 0.15) is 5.82 Å². The molecule has 4 heteroatoms. The first kappa shape index (κ1) is 12.0. The van der Waals surface area contributed by atoms with E-state index in [2.05, 4.69) is 28.8 Å². The van der Waals surface area contributed by atoms with Crippen molar-refractivity contribution in [2.24, 2.45) is 0 Å². The second kappa shape index (κ2) is 5.27. The summed E-state index contributed by atoms with van der Waals surface area (Å²) < 4.78 is 0. The van der Waals surface area contributed by atoms with Gasteiger partial charge in [0.25, 0.3) is 0 Å². The summed E-state index contributed by atoms with van der Waals surface area (Å²) in [5, 5.41) is 1.20. The van der Waals surface area contributed by atoms with Gasteiger partial charge in [-0.15, -0.1) is 11.3 Å². The maximum Gasteiger partial charge on any atom is 0.128 e. The van der Waals surface area contributed by atoms with Gasteiger partial charge < -0.3 is 4.90 Å². The largest absolute Gasteiger partial charge is 0.359 e. The molecule has 3 nitrogen and oxygen atoms in total. The van der Waals surface area contributed by atoms with E-state index in [1.807, 2.05) is 31.3 Å². The quantitative estimate of drug-likeness (QED) is 0.832. The summed E-state index contributed by atoms with van der Waals surface area (Å²) in [6.45, 7) is 5.05. The average Bonchev–Trinajstić information content (AvgIpc) is 2.72. The molecular weight excluding hydrogens is 230 g/mol. The first-order valence-electron chi connectivity index (χ1n) is 5.71. The van der Waals surface area contributed by atoms with Crippen LogP contribution < -0.4 is 4.90 Å². The van der Waals surface area contributed by atoms with E-state index in [9.17, 15) is 0 Å². The van der Waals surface area contributed by atoms with Crippen LogP contribution in [0.5, 0.6) is 0 Å². The van der Waals surface area contributed by atoms with Crippen LogP contribution in [0.15, 0.2) is 24.4 Å². The Morgan fingerprint density at radius 1 is 1.29 bits per heavy atom. The van der Waals surface area contributed by atoms with Crippen molar-refractivity contribution in [3.05, 3.63) is 40.0 Å². The number of thiazole rings is 1. The highest BCUT2D eigenvalue weighted by Crippen LogP contribution is 2.14. The van der Waals surface area contributed by atoms with Crippen molar-refractivity contribution in [2.75, 3.05) is 18.5 Å². The van der Waals surface area contributed by atoms with Gasteiger partial charge in [0.05, 0.1) is 5.01 Å². The Bertz CT molecular complexity index is 493. The van der Waals surface area contributed by atoms with E-state index in [4.69, 9.17) is 0 Å². The Morgan fingerprint density at radius 3 is 2.76 bits per heavy atom. The van der Waals surface area contributed by atoms with E-state index < -0.39 is 0 Å². The third-order valence-corrected chi connectivity index (χ3v) is 3.57. The molecule has 2 aromatic rings. The van der Waals surface area contributed by atoms with Crippen LogP contribution in [0, 0.1) is 13.8 Å². The Morgan fingerprint density at radius 2 is 2.12 bits per heavy atom. The zero-order chi connectivity index (χ0) is 12.3. The lowest BCUT2D eigenvalue weighted by Gasteiger charge is -2.17. The number of aromatic nitrogens is 2. The van der Waals surface area contributed by atoms with Crippen LogP contribution in [-0.2, 0) is 6.42 Å². The van der Waals surface area contributed by atoms with Crippen LogP contribution in [0.4, 0.5) is 5.82 Å². The fourth-order valence-corrected chi connectivity index (χ4v) is 2.41. The van der Waals surface area contributed by atoms with Crippen molar-refractivity contribution in [2.45, 2.75) is 20.3 Å². The number of anilines is 1. The molecule has 0 saturated carbocycles. The summed E-state index contributed by atoms with van der Waals surface area (Å²) in [5.41, 5.74) is 1.06. The van der Waals surface area contributed by atoms with E-state index in [0.29, 0.717) is 0 Å². The lowest BCUT2D eigenvalue weighted by Crippen LogP contribution is -2.21. The second-order valence-corrected chi connectivity index (χ2v) is 5.49. The molecule has 0 aliphatic heterocycles. The summed E-state index contributed by atoms with van der Waals surface area (Å²) in [7, 11) is 2.07. The predicted octanol–water partition coefficient (Wildman–Crippen LogP) is 2.83. The highest BCUT2D eigenvalue weighted by atomic mass is 32.1. The van der Waals surface area contributed by atoms with E-state index in [1.54, 1.807) is 11.3 Å². The molecule has 90 valence electrons. The van der Waals surface area contributed by atoms with Crippen LogP contribution in [-0.4, -0.2) is 23.6 Å². The number of pyridine rings is 1. The average molecular weight is 247 g/mol. The first-order chi connectivity index (χ1) is 8.15. The fourth-order valence-electron chi connectivity index (χ4n) is 1.64. The summed E-state index contributed by atoms with van der Waals surface area (Å²) in [6, 6.07) is 6.10. The molecule has 0 fully saturated rings. The molecule has 0 aliphatic carbocycles. The van der Waals surface area contributed by atoms with Crippen LogP contribution in [0.2, 0.25) is 0 Å². The van der Waals surface area contributed by atoms with Crippen molar-refractivity contribution < 1.29 is 0 Å². The number of rotatable bonds is 4. The van der Waals surface area contributed by atoms with Gasteiger partial charge in [0.15, 0.2) is 0 Å². The molecule has 0 aliphatic rings. The molecule has 0 saturated heterocycles. The molecular formula is C13H17N3S. The van der Waals surface area contributed by atoms with Crippen LogP contribution >= 0.6 is 11.3 Å². The van der Waals surface area contributed by atoms with Crippen molar-refractivity contribution in [1.82, 2.24) is 9.97 Å². The third kappa shape index (κ3) is 3.27. The Labute approximate surface area is 106 Å². The highest BCUT2D eigenvalue weighted by molar-refractivity contribution is 7.11. The smallest absolute Gasteiger partial charge is 0.128 e. The third-order valence-electron chi connectivity index (χ3n) is 2.59. The van der Waals surface area contributed by atoms with Crippen molar-refractivity contribution in [3.63, 3.8) is 0 Å². The normalized spacial score (nSPS) is 10.5. The lowest BCUT2D eigenvalue weighted by molar-refractivity contribution is 0.850. The topological polar surface area (TPSA) is 29.0 Å². The summed E-state index contributed by atoms with van der Waals surface area (Å²) in [4.78, 5) is 12.3. The van der Waals surface area contributed by atoms with Crippen molar-refractivity contribution in [3.8, 4) is 0 Å². The van der Waals surface area contributed by atoms with E-state index >= 15 is 0 Å². The molecule has 0 unspecified atom stereocenters. The number of hydrogen-bond acceptors (Lipinski definition) is 4. The highest BCUT2D eigenvalue weighted by Gasteiger charge is 2.04. The van der Waals surface area contributed by atoms with Gasteiger partial charge in [-0.3, -0.25) is 0 Å². The Hall–Kier alpha value is -1.42. The monoisotopic (exact) mass is 247 g/mol. The molecule has 0 atom stereocenters. The maximum atomic E-state index is 4.50. The summed E-state index contributed by atoms with van der Waals surface area (Å²) >= 11 is 1.77. The van der Waals surface area contributed by atoms with Gasteiger partial charge in [0, 0.05) is 36.8 Å². The molecule has 0 radical (unpaired) electrons. The van der Waals surface area contributed by atoms with Gasteiger partial charge >= 0.3 is 0 Å².